The number of hydrogen-bond donors (Lipinski definition) is 1. The predicted octanol–water partition coefficient (Wildman–Crippen LogP) is 2.84. The molecule has 0 amide bonds. The molecular formula is C15H21N3S. The van der Waals surface area contributed by atoms with E-state index in [1.807, 2.05) is 6.92 Å². The Morgan fingerprint density at radius 3 is 2.58 bits per heavy atom. The molecule has 0 spiro atoms. The number of aromatic nitrogens is 1. The van der Waals surface area contributed by atoms with E-state index in [1.165, 1.54) is 5.56 Å². The van der Waals surface area contributed by atoms with Crippen LogP contribution in [0, 0.1) is 6.92 Å². The van der Waals surface area contributed by atoms with Gasteiger partial charge in [-0.3, -0.25) is 0 Å². The van der Waals surface area contributed by atoms with Gasteiger partial charge < -0.3 is 10.2 Å². The van der Waals surface area contributed by atoms with Gasteiger partial charge in [0.15, 0.2) is 0 Å². The lowest BCUT2D eigenvalue weighted by Crippen LogP contribution is -2.30. The second-order valence-corrected chi connectivity index (χ2v) is 5.94. The molecule has 0 aliphatic rings. The minimum absolute atomic E-state index is 0.390. The van der Waals surface area contributed by atoms with Crippen molar-refractivity contribution in [2.75, 3.05) is 20.6 Å². The smallest absolute Gasteiger partial charge is 0.0897 e. The monoisotopic (exact) mass is 275 g/mol. The van der Waals surface area contributed by atoms with Crippen LogP contribution in [0.4, 0.5) is 0 Å². The van der Waals surface area contributed by atoms with Crippen LogP contribution in [0.5, 0.6) is 0 Å². The molecule has 0 saturated heterocycles. The molecule has 1 unspecified atom stereocenters. The van der Waals surface area contributed by atoms with Crippen molar-refractivity contribution in [2.24, 2.45) is 0 Å². The van der Waals surface area contributed by atoms with E-state index in [-0.39, 0.29) is 0 Å². The van der Waals surface area contributed by atoms with Crippen molar-refractivity contribution in [2.45, 2.75) is 19.5 Å². The van der Waals surface area contributed by atoms with Crippen molar-refractivity contribution in [3.8, 4) is 0 Å². The maximum absolute atomic E-state index is 4.47. The highest BCUT2D eigenvalue weighted by Gasteiger charge is 2.13. The van der Waals surface area contributed by atoms with E-state index in [1.54, 1.807) is 11.3 Å². The summed E-state index contributed by atoms with van der Waals surface area (Å²) in [5.74, 6) is 0. The van der Waals surface area contributed by atoms with Crippen LogP contribution in [-0.4, -0.2) is 30.5 Å². The Bertz CT molecular complexity index is 493. The minimum atomic E-state index is 0.390. The fourth-order valence-corrected chi connectivity index (χ4v) is 2.71. The van der Waals surface area contributed by atoms with Crippen LogP contribution in [0.25, 0.3) is 0 Å². The van der Waals surface area contributed by atoms with Gasteiger partial charge in [-0.2, -0.15) is 0 Å². The van der Waals surface area contributed by atoms with Crippen LogP contribution < -0.4 is 5.32 Å². The molecular weight excluding hydrogens is 254 g/mol. The zero-order valence-corrected chi connectivity index (χ0v) is 12.6. The molecule has 3 nitrogen and oxygen atoms in total. The lowest BCUT2D eigenvalue weighted by Gasteiger charge is -2.25. The molecule has 1 N–H and O–H groups in total. The summed E-state index contributed by atoms with van der Waals surface area (Å²) in [6, 6.07) is 11.0. The topological polar surface area (TPSA) is 28.2 Å². The first-order chi connectivity index (χ1) is 9.16. The van der Waals surface area contributed by atoms with E-state index in [2.05, 4.69) is 65.0 Å². The Hall–Kier alpha value is -1.23. The summed E-state index contributed by atoms with van der Waals surface area (Å²) in [7, 11) is 4.23. The van der Waals surface area contributed by atoms with E-state index in [0.717, 1.165) is 23.8 Å². The second-order valence-electron chi connectivity index (χ2n) is 4.88. The molecule has 2 rings (SSSR count). The van der Waals surface area contributed by atoms with Crippen LogP contribution >= 0.6 is 11.3 Å². The van der Waals surface area contributed by atoms with Gasteiger partial charge in [-0.05, 0) is 26.6 Å². The van der Waals surface area contributed by atoms with Gasteiger partial charge in [0, 0.05) is 24.5 Å². The van der Waals surface area contributed by atoms with Crippen LogP contribution in [0.1, 0.15) is 22.3 Å². The Labute approximate surface area is 119 Å². The molecule has 2 aromatic rings. The summed E-state index contributed by atoms with van der Waals surface area (Å²) in [5.41, 5.74) is 2.47. The van der Waals surface area contributed by atoms with Crippen LogP contribution in [-0.2, 0) is 6.54 Å². The number of benzene rings is 1. The zero-order chi connectivity index (χ0) is 13.7. The molecule has 102 valence electrons. The summed E-state index contributed by atoms with van der Waals surface area (Å²) >= 11 is 1.70. The number of thiazole rings is 1. The molecule has 19 heavy (non-hydrogen) atoms. The molecule has 0 aliphatic carbocycles. The molecule has 1 heterocycles. The van der Waals surface area contributed by atoms with Crippen molar-refractivity contribution >= 4 is 11.3 Å². The molecule has 1 aromatic heterocycles. The van der Waals surface area contributed by atoms with Gasteiger partial charge in [-0.1, -0.05) is 30.3 Å². The summed E-state index contributed by atoms with van der Waals surface area (Å²) in [5, 5.41) is 6.75. The minimum Gasteiger partial charge on any atom is -0.309 e. The lowest BCUT2D eigenvalue weighted by atomic mass is 10.1. The number of nitrogens with one attached hydrogen (secondary N) is 1. The van der Waals surface area contributed by atoms with E-state index in [4.69, 9.17) is 0 Å². The number of aryl methyl sites for hydroxylation is 1. The third-order valence-corrected chi connectivity index (χ3v) is 3.94. The number of likely N-dealkylation sites (N-methyl/N-ethyl adjacent to an activating group) is 1. The predicted molar refractivity (Wildman–Crippen MR) is 81.4 cm³/mol. The molecule has 4 heteroatoms. The van der Waals surface area contributed by atoms with E-state index in [0.29, 0.717) is 6.04 Å². The third kappa shape index (κ3) is 4.13. The quantitative estimate of drug-likeness (QED) is 0.878. The van der Waals surface area contributed by atoms with Crippen molar-refractivity contribution in [3.63, 3.8) is 0 Å². The second kappa shape index (κ2) is 6.80. The fourth-order valence-electron chi connectivity index (χ4n) is 2.10. The first kappa shape index (κ1) is 14.2. The number of hydrogen-bond acceptors (Lipinski definition) is 4. The first-order valence-corrected chi connectivity index (χ1v) is 7.38. The van der Waals surface area contributed by atoms with Gasteiger partial charge in [0.1, 0.15) is 0 Å². The average molecular weight is 275 g/mol. The molecule has 1 aromatic carbocycles. The first-order valence-electron chi connectivity index (χ1n) is 6.50. The van der Waals surface area contributed by atoms with Crippen LogP contribution in [0.15, 0.2) is 35.7 Å². The largest absolute Gasteiger partial charge is 0.309 e. The highest BCUT2D eigenvalue weighted by Crippen LogP contribution is 2.17. The van der Waals surface area contributed by atoms with Gasteiger partial charge >= 0.3 is 0 Å². The van der Waals surface area contributed by atoms with Crippen LogP contribution in [0.2, 0.25) is 0 Å². The van der Waals surface area contributed by atoms with E-state index >= 15 is 0 Å². The van der Waals surface area contributed by atoms with Gasteiger partial charge in [-0.25, -0.2) is 4.98 Å². The summed E-state index contributed by atoms with van der Waals surface area (Å²) in [6.07, 6.45) is 0. The van der Waals surface area contributed by atoms with Crippen molar-refractivity contribution in [1.29, 1.82) is 0 Å². The normalized spacial score (nSPS) is 12.8. The Morgan fingerprint density at radius 2 is 2.00 bits per heavy atom. The Balaban J connectivity index is 1.91. The Morgan fingerprint density at radius 1 is 1.26 bits per heavy atom. The van der Waals surface area contributed by atoms with Gasteiger partial charge in [0.2, 0.25) is 0 Å². The van der Waals surface area contributed by atoms with Gasteiger partial charge in [-0.15, -0.1) is 11.3 Å². The highest BCUT2D eigenvalue weighted by atomic mass is 32.1. The van der Waals surface area contributed by atoms with Crippen molar-refractivity contribution in [3.05, 3.63) is 52.0 Å². The highest BCUT2D eigenvalue weighted by molar-refractivity contribution is 7.09. The summed E-state index contributed by atoms with van der Waals surface area (Å²) < 4.78 is 0. The molecule has 0 bridgehead atoms. The van der Waals surface area contributed by atoms with Crippen molar-refractivity contribution in [1.82, 2.24) is 15.2 Å². The summed E-state index contributed by atoms with van der Waals surface area (Å²) in [6.45, 7) is 3.80. The maximum atomic E-state index is 4.47. The number of rotatable bonds is 6. The van der Waals surface area contributed by atoms with E-state index < -0.39 is 0 Å². The summed E-state index contributed by atoms with van der Waals surface area (Å²) in [4.78, 5) is 6.71. The fraction of sp³-hybridized carbons (Fsp3) is 0.400. The molecule has 0 fully saturated rings. The standard InChI is InChI=1S/C15H21N3S/c1-12-17-14(11-19-12)9-16-10-15(18(2)3)13-7-5-4-6-8-13/h4-8,11,15-16H,9-10H2,1-3H3. The maximum Gasteiger partial charge on any atom is 0.0897 e. The lowest BCUT2D eigenvalue weighted by molar-refractivity contribution is 0.288. The SMILES string of the molecule is Cc1nc(CNCC(c2ccccc2)N(C)C)cs1. The van der Waals surface area contributed by atoms with Crippen LogP contribution in [0.3, 0.4) is 0 Å². The van der Waals surface area contributed by atoms with Crippen molar-refractivity contribution < 1.29 is 0 Å². The van der Waals surface area contributed by atoms with Gasteiger partial charge in [0.05, 0.1) is 10.7 Å². The Kier molecular flexibility index (Phi) is 5.07. The molecule has 0 saturated carbocycles. The molecule has 0 aliphatic heterocycles. The van der Waals surface area contributed by atoms with E-state index in [9.17, 15) is 0 Å². The molecule has 0 radical (unpaired) electrons. The molecule has 1 atom stereocenters. The zero-order valence-electron chi connectivity index (χ0n) is 11.8. The number of nitrogens with zero attached hydrogens (tertiary/aromatic N) is 2. The third-order valence-electron chi connectivity index (χ3n) is 3.12. The average Bonchev–Trinajstić information content (AvgIpc) is 2.81. The van der Waals surface area contributed by atoms with Gasteiger partial charge in [0.25, 0.3) is 0 Å².